The van der Waals surface area contributed by atoms with Crippen molar-refractivity contribution < 1.29 is 14.3 Å². The number of rotatable bonds is 6. The van der Waals surface area contributed by atoms with Crippen molar-refractivity contribution in [1.82, 2.24) is 20.0 Å². The molecule has 10 heteroatoms. The summed E-state index contributed by atoms with van der Waals surface area (Å²) in [6, 6.07) is 7.04. The number of morpholine rings is 1. The Morgan fingerprint density at radius 3 is 2.89 bits per heavy atom. The Labute approximate surface area is 169 Å². The number of ketones is 1. The molecule has 3 aromatic heterocycles. The highest BCUT2D eigenvalue weighted by Crippen LogP contribution is 2.23. The van der Waals surface area contributed by atoms with Gasteiger partial charge in [-0.25, -0.2) is 9.67 Å². The summed E-state index contributed by atoms with van der Waals surface area (Å²) in [7, 11) is 0. The summed E-state index contributed by atoms with van der Waals surface area (Å²) in [6.45, 7) is 1.06. The first-order chi connectivity index (χ1) is 13.6. The number of hydrogen-bond acceptors (Lipinski definition) is 7. The SMILES string of the molecule is O=C(CCc1cn(-c2ccc(N3CCOCC3=O)nc2)nn1)c1ccc(Cl)s1. The Bertz CT molecular complexity index is 1000. The number of amides is 1. The number of hydrogen-bond donors (Lipinski definition) is 0. The molecule has 0 atom stereocenters. The maximum absolute atomic E-state index is 12.2. The summed E-state index contributed by atoms with van der Waals surface area (Å²) in [5, 5.41) is 8.21. The highest BCUT2D eigenvalue weighted by molar-refractivity contribution is 7.18. The van der Waals surface area contributed by atoms with Gasteiger partial charge in [-0.1, -0.05) is 16.8 Å². The summed E-state index contributed by atoms with van der Waals surface area (Å²) in [5.74, 6) is 0.511. The van der Waals surface area contributed by atoms with Gasteiger partial charge in [0.2, 0.25) is 0 Å². The molecular weight excluding hydrogens is 402 g/mol. The minimum Gasteiger partial charge on any atom is -0.370 e. The molecule has 8 nitrogen and oxygen atoms in total. The van der Waals surface area contributed by atoms with Crippen LogP contribution in [0.2, 0.25) is 4.34 Å². The van der Waals surface area contributed by atoms with Gasteiger partial charge in [-0.05, 0) is 24.3 Å². The first-order valence-corrected chi connectivity index (χ1v) is 9.84. The Hall–Kier alpha value is -2.62. The monoisotopic (exact) mass is 417 g/mol. The predicted octanol–water partition coefficient (Wildman–Crippen LogP) is 2.56. The zero-order chi connectivity index (χ0) is 19.5. The topological polar surface area (TPSA) is 90.2 Å². The minimum absolute atomic E-state index is 0.0349. The van der Waals surface area contributed by atoms with E-state index in [1.54, 1.807) is 40.2 Å². The third kappa shape index (κ3) is 4.11. The molecule has 0 saturated carbocycles. The van der Waals surface area contributed by atoms with Crippen molar-refractivity contribution in [2.75, 3.05) is 24.7 Å². The fourth-order valence-corrected chi connectivity index (χ4v) is 3.81. The highest BCUT2D eigenvalue weighted by Gasteiger charge is 2.21. The minimum atomic E-state index is -0.105. The van der Waals surface area contributed by atoms with Crippen LogP contribution in [-0.4, -0.2) is 51.4 Å². The number of aryl methyl sites for hydroxylation is 1. The van der Waals surface area contributed by atoms with Crippen LogP contribution in [0, 0.1) is 0 Å². The van der Waals surface area contributed by atoms with Gasteiger partial charge in [-0.3, -0.25) is 14.5 Å². The van der Waals surface area contributed by atoms with Gasteiger partial charge in [0.1, 0.15) is 12.4 Å². The quantitative estimate of drug-likeness (QED) is 0.572. The molecule has 4 rings (SSSR count). The van der Waals surface area contributed by atoms with Crippen LogP contribution in [0.4, 0.5) is 5.82 Å². The summed E-state index contributed by atoms with van der Waals surface area (Å²) < 4.78 is 7.33. The van der Waals surface area contributed by atoms with E-state index in [9.17, 15) is 9.59 Å². The molecule has 1 saturated heterocycles. The molecule has 1 fully saturated rings. The highest BCUT2D eigenvalue weighted by atomic mass is 35.5. The van der Waals surface area contributed by atoms with E-state index in [2.05, 4.69) is 15.3 Å². The van der Waals surface area contributed by atoms with Crippen LogP contribution in [-0.2, 0) is 16.0 Å². The molecule has 1 amide bonds. The second-order valence-corrected chi connectivity index (χ2v) is 7.87. The van der Waals surface area contributed by atoms with Gasteiger partial charge in [-0.2, -0.15) is 0 Å². The second-order valence-electron chi connectivity index (χ2n) is 6.15. The van der Waals surface area contributed by atoms with Gasteiger partial charge in [0.15, 0.2) is 5.78 Å². The molecule has 1 aliphatic rings. The van der Waals surface area contributed by atoms with E-state index in [0.717, 1.165) is 5.69 Å². The van der Waals surface area contributed by atoms with Crippen molar-refractivity contribution in [3.05, 3.63) is 51.6 Å². The van der Waals surface area contributed by atoms with E-state index < -0.39 is 0 Å². The first-order valence-electron chi connectivity index (χ1n) is 8.64. The van der Waals surface area contributed by atoms with Crippen LogP contribution in [0.5, 0.6) is 0 Å². The lowest BCUT2D eigenvalue weighted by Gasteiger charge is -2.25. The van der Waals surface area contributed by atoms with E-state index in [-0.39, 0.29) is 18.3 Å². The summed E-state index contributed by atoms with van der Waals surface area (Å²) >= 11 is 7.15. The largest absolute Gasteiger partial charge is 0.370 e. The standard InChI is InChI=1S/C18H16ClN5O3S/c19-16-5-4-15(28-16)14(25)3-1-12-10-24(22-21-12)13-2-6-17(20-9-13)23-7-8-27-11-18(23)26/h2,4-6,9-10H,1,3,7-8,11H2. The zero-order valence-electron chi connectivity index (χ0n) is 14.7. The van der Waals surface area contributed by atoms with Crippen molar-refractivity contribution >= 4 is 40.4 Å². The number of anilines is 1. The van der Waals surface area contributed by atoms with Crippen molar-refractivity contribution in [3.63, 3.8) is 0 Å². The van der Waals surface area contributed by atoms with Crippen LogP contribution in [0.3, 0.4) is 0 Å². The van der Waals surface area contributed by atoms with E-state index >= 15 is 0 Å². The number of halogens is 1. The van der Waals surface area contributed by atoms with E-state index in [4.69, 9.17) is 16.3 Å². The lowest BCUT2D eigenvalue weighted by atomic mass is 10.1. The molecule has 3 aromatic rings. The average molecular weight is 418 g/mol. The Morgan fingerprint density at radius 1 is 1.29 bits per heavy atom. The zero-order valence-corrected chi connectivity index (χ0v) is 16.3. The van der Waals surface area contributed by atoms with Gasteiger partial charge in [-0.15, -0.1) is 16.4 Å². The van der Waals surface area contributed by atoms with Crippen LogP contribution in [0.25, 0.3) is 5.69 Å². The van der Waals surface area contributed by atoms with Gasteiger partial charge < -0.3 is 4.74 Å². The summed E-state index contributed by atoms with van der Waals surface area (Å²) in [6.07, 6.45) is 4.23. The maximum Gasteiger partial charge on any atom is 0.254 e. The summed E-state index contributed by atoms with van der Waals surface area (Å²) in [5.41, 5.74) is 1.43. The first kappa shape index (κ1) is 18.7. The van der Waals surface area contributed by atoms with Gasteiger partial charge in [0, 0.05) is 12.8 Å². The molecule has 0 radical (unpaired) electrons. The number of Topliss-reactive ketones (excluding diaryl/α,β-unsaturated/α-hetero) is 1. The molecule has 1 aliphatic heterocycles. The Morgan fingerprint density at radius 2 is 2.18 bits per heavy atom. The third-order valence-corrected chi connectivity index (χ3v) is 5.53. The molecule has 4 heterocycles. The van der Waals surface area contributed by atoms with E-state index in [1.807, 2.05) is 6.07 Å². The van der Waals surface area contributed by atoms with Crippen LogP contribution in [0.15, 0.2) is 36.7 Å². The predicted molar refractivity (Wildman–Crippen MR) is 104 cm³/mol. The fourth-order valence-electron chi connectivity index (χ4n) is 2.80. The summed E-state index contributed by atoms with van der Waals surface area (Å²) in [4.78, 5) is 30.6. The van der Waals surface area contributed by atoms with E-state index in [1.165, 1.54) is 11.3 Å². The second kappa shape index (κ2) is 8.17. The van der Waals surface area contributed by atoms with Crippen LogP contribution in [0.1, 0.15) is 21.8 Å². The number of ether oxygens (including phenoxy) is 1. The van der Waals surface area contributed by atoms with Crippen molar-refractivity contribution in [3.8, 4) is 5.69 Å². The number of pyridine rings is 1. The molecule has 0 spiro atoms. The molecule has 28 heavy (non-hydrogen) atoms. The molecule has 144 valence electrons. The average Bonchev–Trinajstić information content (AvgIpc) is 3.36. The smallest absolute Gasteiger partial charge is 0.254 e. The Balaban J connectivity index is 1.39. The van der Waals surface area contributed by atoms with Crippen LogP contribution < -0.4 is 4.90 Å². The molecular formula is C18H16ClN5O3S. The van der Waals surface area contributed by atoms with Crippen molar-refractivity contribution in [1.29, 1.82) is 0 Å². The van der Waals surface area contributed by atoms with Gasteiger partial charge >= 0.3 is 0 Å². The molecule has 0 unspecified atom stereocenters. The van der Waals surface area contributed by atoms with E-state index in [0.29, 0.717) is 46.7 Å². The molecule has 0 N–H and O–H groups in total. The molecule has 0 aromatic carbocycles. The maximum atomic E-state index is 12.2. The number of carbonyl (C=O) groups is 2. The number of thiophene rings is 1. The molecule has 0 bridgehead atoms. The van der Waals surface area contributed by atoms with Gasteiger partial charge in [0.25, 0.3) is 5.91 Å². The lowest BCUT2D eigenvalue weighted by Crippen LogP contribution is -2.42. The van der Waals surface area contributed by atoms with Gasteiger partial charge in [0.05, 0.1) is 46.1 Å². The number of aromatic nitrogens is 4. The number of nitrogens with zero attached hydrogens (tertiary/aromatic N) is 5. The molecule has 0 aliphatic carbocycles. The normalized spacial score (nSPS) is 14.5. The Kier molecular flexibility index (Phi) is 5.47. The lowest BCUT2D eigenvalue weighted by molar-refractivity contribution is -0.125. The fraction of sp³-hybridized carbons (Fsp3) is 0.278. The third-order valence-electron chi connectivity index (χ3n) is 4.26. The van der Waals surface area contributed by atoms with Crippen LogP contribution >= 0.6 is 22.9 Å². The van der Waals surface area contributed by atoms with Crippen molar-refractivity contribution in [2.24, 2.45) is 0 Å². The van der Waals surface area contributed by atoms with Crippen molar-refractivity contribution in [2.45, 2.75) is 12.8 Å². The number of carbonyl (C=O) groups excluding carboxylic acids is 2.